The van der Waals surface area contributed by atoms with Gasteiger partial charge >= 0.3 is 5.97 Å². The highest BCUT2D eigenvalue weighted by Gasteiger charge is 2.43. The van der Waals surface area contributed by atoms with Gasteiger partial charge in [-0.2, -0.15) is 0 Å². The third-order valence-corrected chi connectivity index (χ3v) is 6.08. The molecule has 6 atom stereocenters. The molecule has 0 unspecified atom stereocenters. The van der Waals surface area contributed by atoms with Crippen molar-refractivity contribution in [2.24, 2.45) is 17.8 Å². The Kier molecular flexibility index (Phi) is 8.68. The molecule has 0 amide bonds. The maximum absolute atomic E-state index is 13.2. The number of carbonyl (C=O) groups is 1. The van der Waals surface area contributed by atoms with Crippen LogP contribution in [0, 0.1) is 23.6 Å². The Bertz CT molecular complexity index is 774. The Balaban J connectivity index is 1.50. The topological polar surface area (TPSA) is 105 Å². The van der Waals surface area contributed by atoms with Crippen molar-refractivity contribution < 1.29 is 38.7 Å². The smallest absolute Gasteiger partial charge is 0.329 e. The zero-order chi connectivity index (χ0) is 22.4. The Morgan fingerprint density at radius 3 is 2.94 bits per heavy atom. The van der Waals surface area contributed by atoms with Gasteiger partial charge in [0.15, 0.2) is 0 Å². The number of rotatable bonds is 9. The predicted octanol–water partition coefficient (Wildman–Crippen LogP) is 2.67. The number of halogens is 2. The number of carboxylic acids is 1. The van der Waals surface area contributed by atoms with Gasteiger partial charge in [0.25, 0.3) is 0 Å². The van der Waals surface area contributed by atoms with E-state index in [9.17, 15) is 19.4 Å². The Labute approximate surface area is 185 Å². The number of fused-ring (bicyclic) bond motifs is 1. The quantitative estimate of drug-likeness (QED) is 0.488. The van der Waals surface area contributed by atoms with Gasteiger partial charge in [-0.3, -0.25) is 0 Å². The molecule has 172 valence electrons. The average Bonchev–Trinajstić information content (AvgIpc) is 2.89. The van der Waals surface area contributed by atoms with Crippen molar-refractivity contribution in [2.75, 3.05) is 26.4 Å². The minimum absolute atomic E-state index is 0.0329. The molecule has 0 bridgehead atoms. The first-order valence-electron chi connectivity index (χ1n) is 10.4. The van der Waals surface area contributed by atoms with Crippen molar-refractivity contribution in [3.05, 3.63) is 41.2 Å². The molecule has 3 rings (SSSR count). The van der Waals surface area contributed by atoms with E-state index >= 15 is 0 Å². The van der Waals surface area contributed by atoms with E-state index in [1.165, 1.54) is 18.2 Å². The van der Waals surface area contributed by atoms with E-state index in [-0.39, 0.29) is 42.1 Å². The van der Waals surface area contributed by atoms with E-state index in [0.717, 1.165) is 12.8 Å². The SMILES string of the molecule is O=C(O)COC[C@H]1CC[C@@H]2[C@@H](C=C[C@@H](O)COc3ccc(F)c(Cl)c3)[C@H](O)C[C@@H]2OC1. The minimum Gasteiger partial charge on any atom is -0.490 e. The molecule has 0 aromatic heterocycles. The standard InChI is InChI=1S/C22H28ClFO7/c23-18-7-15(3-6-19(18)24)30-11-14(25)2-5-16-17-4-1-13(9-29-12-22(27)28)10-31-21(17)8-20(16)26/h2-3,5-7,13-14,16-17,20-21,25-26H,1,4,8-12H2,(H,27,28)/t13-,14-,16-,17-,20-,21+/m1/s1. The van der Waals surface area contributed by atoms with Crippen LogP contribution >= 0.6 is 11.6 Å². The lowest BCUT2D eigenvalue weighted by Gasteiger charge is -2.21. The molecule has 1 saturated carbocycles. The van der Waals surface area contributed by atoms with Crippen LogP contribution in [0.2, 0.25) is 5.02 Å². The van der Waals surface area contributed by atoms with Gasteiger partial charge < -0.3 is 29.5 Å². The van der Waals surface area contributed by atoms with Crippen LogP contribution in [-0.2, 0) is 14.3 Å². The highest BCUT2D eigenvalue weighted by molar-refractivity contribution is 6.30. The summed E-state index contributed by atoms with van der Waals surface area (Å²) in [7, 11) is 0. The molecule has 31 heavy (non-hydrogen) atoms. The minimum atomic E-state index is -0.996. The molecule has 1 aliphatic carbocycles. The summed E-state index contributed by atoms with van der Waals surface area (Å²) < 4.78 is 29.8. The molecule has 2 aliphatic rings. The van der Waals surface area contributed by atoms with E-state index < -0.39 is 24.0 Å². The molecule has 1 aromatic rings. The molecular formula is C22H28ClFO7. The van der Waals surface area contributed by atoms with Crippen molar-refractivity contribution in [3.8, 4) is 5.75 Å². The summed E-state index contributed by atoms with van der Waals surface area (Å²) in [5.74, 6) is -1.11. The Hall–Kier alpha value is -1.71. The molecule has 0 radical (unpaired) electrons. The van der Waals surface area contributed by atoms with Crippen LogP contribution in [-0.4, -0.2) is 66.0 Å². The van der Waals surface area contributed by atoms with Gasteiger partial charge in [-0.25, -0.2) is 9.18 Å². The number of aliphatic hydroxyl groups excluding tert-OH is 2. The molecule has 1 aliphatic heterocycles. The summed E-state index contributed by atoms with van der Waals surface area (Å²) >= 11 is 5.72. The number of hydrogen-bond acceptors (Lipinski definition) is 6. The lowest BCUT2D eigenvalue weighted by atomic mass is 9.87. The van der Waals surface area contributed by atoms with Crippen molar-refractivity contribution in [1.29, 1.82) is 0 Å². The normalized spacial score (nSPS) is 29.5. The molecule has 1 saturated heterocycles. The molecule has 1 aromatic carbocycles. The third kappa shape index (κ3) is 6.89. The van der Waals surface area contributed by atoms with Gasteiger partial charge in [-0.05, 0) is 30.9 Å². The summed E-state index contributed by atoms with van der Waals surface area (Å²) in [4.78, 5) is 10.6. The van der Waals surface area contributed by atoms with Crippen molar-refractivity contribution in [2.45, 2.75) is 37.6 Å². The average molecular weight is 459 g/mol. The third-order valence-electron chi connectivity index (χ3n) is 5.79. The van der Waals surface area contributed by atoms with Crippen LogP contribution < -0.4 is 4.74 Å². The van der Waals surface area contributed by atoms with Crippen LogP contribution in [0.3, 0.4) is 0 Å². The molecule has 7 nitrogen and oxygen atoms in total. The summed E-state index contributed by atoms with van der Waals surface area (Å²) in [6, 6.07) is 3.97. The summed E-state index contributed by atoms with van der Waals surface area (Å²) in [6.07, 6.45) is 4.01. The van der Waals surface area contributed by atoms with Crippen LogP contribution in [0.15, 0.2) is 30.4 Å². The first-order valence-corrected chi connectivity index (χ1v) is 10.7. The van der Waals surface area contributed by atoms with Crippen LogP contribution in [0.1, 0.15) is 19.3 Å². The van der Waals surface area contributed by atoms with Crippen LogP contribution in [0.5, 0.6) is 5.75 Å². The number of aliphatic hydroxyl groups is 2. The van der Waals surface area contributed by atoms with Gasteiger partial charge in [-0.1, -0.05) is 23.8 Å². The summed E-state index contributed by atoms with van der Waals surface area (Å²) in [6.45, 7) is 0.450. The number of benzene rings is 1. The fourth-order valence-electron chi connectivity index (χ4n) is 4.22. The van der Waals surface area contributed by atoms with Gasteiger partial charge in [-0.15, -0.1) is 0 Å². The van der Waals surface area contributed by atoms with Crippen molar-refractivity contribution in [3.63, 3.8) is 0 Å². The lowest BCUT2D eigenvalue weighted by molar-refractivity contribution is -0.143. The second-order valence-corrected chi connectivity index (χ2v) is 8.51. The van der Waals surface area contributed by atoms with E-state index in [1.807, 2.05) is 6.08 Å². The van der Waals surface area contributed by atoms with Crippen LogP contribution in [0.25, 0.3) is 0 Å². The van der Waals surface area contributed by atoms with E-state index in [1.54, 1.807) is 6.08 Å². The molecule has 9 heteroatoms. The highest BCUT2D eigenvalue weighted by Crippen LogP contribution is 2.41. The Morgan fingerprint density at radius 2 is 2.19 bits per heavy atom. The zero-order valence-electron chi connectivity index (χ0n) is 17.0. The van der Waals surface area contributed by atoms with Crippen LogP contribution in [0.4, 0.5) is 4.39 Å². The van der Waals surface area contributed by atoms with Gasteiger partial charge in [0.2, 0.25) is 0 Å². The van der Waals surface area contributed by atoms with E-state index in [4.69, 9.17) is 30.9 Å². The van der Waals surface area contributed by atoms with E-state index in [0.29, 0.717) is 25.4 Å². The monoisotopic (exact) mass is 458 g/mol. The maximum atomic E-state index is 13.2. The molecule has 2 fully saturated rings. The molecule has 1 heterocycles. The summed E-state index contributed by atoms with van der Waals surface area (Å²) in [5, 5.41) is 29.3. The maximum Gasteiger partial charge on any atom is 0.329 e. The van der Waals surface area contributed by atoms with Crippen molar-refractivity contribution >= 4 is 17.6 Å². The van der Waals surface area contributed by atoms with Gasteiger partial charge in [0.05, 0.1) is 30.4 Å². The number of carboxylic acid groups (broad SMARTS) is 1. The Morgan fingerprint density at radius 1 is 1.39 bits per heavy atom. The lowest BCUT2D eigenvalue weighted by Crippen LogP contribution is -2.22. The van der Waals surface area contributed by atoms with Gasteiger partial charge in [0, 0.05) is 24.3 Å². The number of ether oxygens (including phenoxy) is 3. The predicted molar refractivity (Wildman–Crippen MR) is 111 cm³/mol. The largest absolute Gasteiger partial charge is 0.490 e. The molecular weight excluding hydrogens is 431 g/mol. The van der Waals surface area contributed by atoms with Gasteiger partial charge in [0.1, 0.15) is 30.9 Å². The first kappa shape index (κ1) is 23.9. The molecule has 0 spiro atoms. The molecule has 3 N–H and O–H groups in total. The summed E-state index contributed by atoms with van der Waals surface area (Å²) in [5.41, 5.74) is 0. The first-order chi connectivity index (χ1) is 14.8. The van der Waals surface area contributed by atoms with Crippen molar-refractivity contribution in [1.82, 2.24) is 0 Å². The fraction of sp³-hybridized carbons (Fsp3) is 0.591. The number of aliphatic carboxylic acids is 1. The van der Waals surface area contributed by atoms with E-state index in [2.05, 4.69) is 0 Å². The second kappa shape index (κ2) is 11.2. The second-order valence-electron chi connectivity index (χ2n) is 8.11. The number of hydrogen-bond donors (Lipinski definition) is 3. The zero-order valence-corrected chi connectivity index (χ0v) is 17.8. The fourth-order valence-corrected chi connectivity index (χ4v) is 4.39. The highest BCUT2D eigenvalue weighted by atomic mass is 35.5.